The van der Waals surface area contributed by atoms with Crippen LogP contribution in [-0.4, -0.2) is 17.6 Å². The van der Waals surface area contributed by atoms with Gasteiger partial charge in [0.2, 0.25) is 5.91 Å². The third-order valence-corrected chi connectivity index (χ3v) is 3.50. The molecule has 4 heteroatoms. The van der Waals surface area contributed by atoms with Gasteiger partial charge >= 0.3 is 0 Å². The topological polar surface area (TPSA) is 72.6 Å². The molecule has 2 rings (SSSR count). The first-order chi connectivity index (χ1) is 10.4. The summed E-state index contributed by atoms with van der Waals surface area (Å²) in [5.41, 5.74) is 9.56. The smallest absolute Gasteiger partial charge is 0.248 e. The molecule has 0 aliphatic carbocycles. The van der Waals surface area contributed by atoms with E-state index in [9.17, 15) is 9.90 Å². The number of amides is 1. The number of carbonyl (C=O) groups is 1. The molecule has 0 spiro atoms. The van der Waals surface area contributed by atoms with E-state index in [-0.39, 0.29) is 6.61 Å². The minimum atomic E-state index is -0.727. The first kappa shape index (κ1) is 16.0. The van der Waals surface area contributed by atoms with Crippen molar-refractivity contribution in [3.05, 3.63) is 64.2 Å². The van der Waals surface area contributed by atoms with Gasteiger partial charge in [0.25, 0.3) is 0 Å². The van der Waals surface area contributed by atoms with Gasteiger partial charge in [-0.05, 0) is 44.0 Å². The molecule has 0 fully saturated rings. The molecular formula is C18H21NO3. The molecule has 1 amide bonds. The van der Waals surface area contributed by atoms with E-state index in [1.807, 2.05) is 32.9 Å². The van der Waals surface area contributed by atoms with Crippen molar-refractivity contribution in [3.8, 4) is 5.75 Å². The number of hydrogen-bond donors (Lipinski definition) is 2. The predicted octanol–water partition coefficient (Wildman–Crippen LogP) is 2.82. The van der Waals surface area contributed by atoms with Crippen LogP contribution in [0.4, 0.5) is 0 Å². The zero-order valence-corrected chi connectivity index (χ0v) is 13.1. The van der Waals surface area contributed by atoms with Gasteiger partial charge in [0.1, 0.15) is 18.5 Å². The van der Waals surface area contributed by atoms with Crippen LogP contribution in [0, 0.1) is 20.8 Å². The molecule has 4 nitrogen and oxygen atoms in total. The van der Waals surface area contributed by atoms with Gasteiger partial charge in [0, 0.05) is 5.56 Å². The lowest BCUT2D eigenvalue weighted by atomic mass is 10.0. The molecule has 0 aliphatic rings. The molecule has 0 radical (unpaired) electrons. The van der Waals surface area contributed by atoms with Gasteiger partial charge in [-0.2, -0.15) is 0 Å². The standard InChI is InChI=1S/C18H21NO3/c1-11-6-12(2)8-15(7-11)16(20)10-22-17-9-14(18(19)21)5-4-13(17)3/h4-9,16,20H,10H2,1-3H3,(H2,19,21). The summed E-state index contributed by atoms with van der Waals surface area (Å²) >= 11 is 0. The maximum absolute atomic E-state index is 11.2. The monoisotopic (exact) mass is 299 g/mol. The fourth-order valence-electron chi connectivity index (χ4n) is 2.38. The molecule has 0 saturated carbocycles. The summed E-state index contributed by atoms with van der Waals surface area (Å²) < 4.78 is 5.67. The second-order valence-corrected chi connectivity index (χ2v) is 5.59. The summed E-state index contributed by atoms with van der Waals surface area (Å²) in [5.74, 6) is 0.0550. The van der Waals surface area contributed by atoms with Crippen LogP contribution in [0.25, 0.3) is 0 Å². The molecule has 3 N–H and O–H groups in total. The fraction of sp³-hybridized carbons (Fsp3) is 0.278. The van der Waals surface area contributed by atoms with Crippen LogP contribution in [0.2, 0.25) is 0 Å². The third-order valence-electron chi connectivity index (χ3n) is 3.50. The van der Waals surface area contributed by atoms with Gasteiger partial charge in [-0.3, -0.25) is 4.79 Å². The lowest BCUT2D eigenvalue weighted by Crippen LogP contribution is -2.13. The minimum Gasteiger partial charge on any atom is -0.490 e. The molecule has 0 bridgehead atoms. The summed E-state index contributed by atoms with van der Waals surface area (Å²) in [6.45, 7) is 5.98. The number of primary amides is 1. The van der Waals surface area contributed by atoms with E-state index in [0.29, 0.717) is 11.3 Å². The summed E-state index contributed by atoms with van der Waals surface area (Å²) in [6, 6.07) is 11.0. The summed E-state index contributed by atoms with van der Waals surface area (Å²) in [4.78, 5) is 11.2. The van der Waals surface area contributed by atoms with E-state index in [4.69, 9.17) is 10.5 Å². The van der Waals surface area contributed by atoms with Crippen molar-refractivity contribution in [2.45, 2.75) is 26.9 Å². The van der Waals surface area contributed by atoms with E-state index in [1.54, 1.807) is 18.2 Å². The number of nitrogens with two attached hydrogens (primary N) is 1. The molecule has 0 aromatic heterocycles. The van der Waals surface area contributed by atoms with Crippen molar-refractivity contribution in [2.24, 2.45) is 5.73 Å². The van der Waals surface area contributed by atoms with Crippen LogP contribution in [0.3, 0.4) is 0 Å². The molecular weight excluding hydrogens is 278 g/mol. The maximum Gasteiger partial charge on any atom is 0.248 e. The first-order valence-corrected chi connectivity index (χ1v) is 7.16. The van der Waals surface area contributed by atoms with Crippen LogP contribution in [0.5, 0.6) is 5.75 Å². The van der Waals surface area contributed by atoms with Crippen LogP contribution < -0.4 is 10.5 Å². The van der Waals surface area contributed by atoms with E-state index < -0.39 is 12.0 Å². The van der Waals surface area contributed by atoms with Gasteiger partial charge in [0.15, 0.2) is 0 Å². The Balaban J connectivity index is 2.12. The number of benzene rings is 2. The van der Waals surface area contributed by atoms with Crippen molar-refractivity contribution in [2.75, 3.05) is 6.61 Å². The zero-order valence-electron chi connectivity index (χ0n) is 13.1. The average Bonchev–Trinajstić information content (AvgIpc) is 2.44. The second kappa shape index (κ2) is 6.62. The van der Waals surface area contributed by atoms with E-state index >= 15 is 0 Å². The Bertz CT molecular complexity index is 674. The fourth-order valence-corrected chi connectivity index (χ4v) is 2.38. The molecule has 0 aliphatic heterocycles. The molecule has 0 saturated heterocycles. The number of ether oxygens (including phenoxy) is 1. The van der Waals surface area contributed by atoms with Gasteiger partial charge in [-0.15, -0.1) is 0 Å². The van der Waals surface area contributed by atoms with Crippen LogP contribution in [-0.2, 0) is 0 Å². The van der Waals surface area contributed by atoms with Crippen LogP contribution >= 0.6 is 0 Å². The Morgan fingerprint density at radius 2 is 1.77 bits per heavy atom. The third kappa shape index (κ3) is 3.86. The Labute approximate surface area is 130 Å². The van der Waals surface area contributed by atoms with Gasteiger partial charge in [0.05, 0.1) is 0 Å². The molecule has 1 atom stereocenters. The number of aryl methyl sites for hydroxylation is 3. The highest BCUT2D eigenvalue weighted by atomic mass is 16.5. The first-order valence-electron chi connectivity index (χ1n) is 7.16. The highest BCUT2D eigenvalue weighted by molar-refractivity contribution is 5.93. The largest absolute Gasteiger partial charge is 0.490 e. The predicted molar refractivity (Wildman–Crippen MR) is 86.1 cm³/mol. The SMILES string of the molecule is Cc1cc(C)cc(C(O)COc2cc(C(N)=O)ccc2C)c1. The lowest BCUT2D eigenvalue weighted by Gasteiger charge is -2.15. The molecule has 2 aromatic carbocycles. The van der Waals surface area contributed by atoms with Crippen molar-refractivity contribution < 1.29 is 14.6 Å². The zero-order chi connectivity index (χ0) is 16.3. The molecule has 2 aromatic rings. The van der Waals surface area contributed by atoms with Crippen LogP contribution in [0.15, 0.2) is 36.4 Å². The van der Waals surface area contributed by atoms with Crippen molar-refractivity contribution >= 4 is 5.91 Å². The Kier molecular flexibility index (Phi) is 4.83. The Hall–Kier alpha value is -2.33. The number of carbonyl (C=O) groups excluding carboxylic acids is 1. The van der Waals surface area contributed by atoms with E-state index in [0.717, 1.165) is 22.3 Å². The number of rotatable bonds is 5. The van der Waals surface area contributed by atoms with Crippen molar-refractivity contribution in [3.63, 3.8) is 0 Å². The van der Waals surface area contributed by atoms with Crippen molar-refractivity contribution in [1.82, 2.24) is 0 Å². The highest BCUT2D eigenvalue weighted by Crippen LogP contribution is 2.22. The summed E-state index contributed by atoms with van der Waals surface area (Å²) in [7, 11) is 0. The van der Waals surface area contributed by atoms with Gasteiger partial charge in [-0.1, -0.05) is 35.4 Å². The Morgan fingerprint density at radius 1 is 1.14 bits per heavy atom. The summed E-state index contributed by atoms with van der Waals surface area (Å²) in [5, 5.41) is 10.3. The Morgan fingerprint density at radius 3 is 2.36 bits per heavy atom. The quantitative estimate of drug-likeness (QED) is 0.891. The number of aliphatic hydroxyl groups is 1. The molecule has 116 valence electrons. The van der Waals surface area contributed by atoms with Gasteiger partial charge < -0.3 is 15.6 Å². The van der Waals surface area contributed by atoms with Crippen molar-refractivity contribution in [1.29, 1.82) is 0 Å². The molecule has 0 heterocycles. The van der Waals surface area contributed by atoms with E-state index in [1.165, 1.54) is 0 Å². The minimum absolute atomic E-state index is 0.117. The highest BCUT2D eigenvalue weighted by Gasteiger charge is 2.12. The normalized spacial score (nSPS) is 12.0. The average molecular weight is 299 g/mol. The van der Waals surface area contributed by atoms with Crippen LogP contribution in [0.1, 0.15) is 38.7 Å². The second-order valence-electron chi connectivity index (χ2n) is 5.59. The number of hydrogen-bond acceptors (Lipinski definition) is 3. The lowest BCUT2D eigenvalue weighted by molar-refractivity contribution is 0.0997. The molecule has 22 heavy (non-hydrogen) atoms. The van der Waals surface area contributed by atoms with Gasteiger partial charge in [-0.25, -0.2) is 0 Å². The van der Waals surface area contributed by atoms with E-state index in [2.05, 4.69) is 6.07 Å². The summed E-state index contributed by atoms with van der Waals surface area (Å²) in [6.07, 6.45) is -0.727. The maximum atomic E-state index is 11.2. The number of aliphatic hydroxyl groups excluding tert-OH is 1. The molecule has 1 unspecified atom stereocenters.